The van der Waals surface area contributed by atoms with Crippen molar-refractivity contribution in [1.82, 2.24) is 0 Å². The summed E-state index contributed by atoms with van der Waals surface area (Å²) < 4.78 is 0. The van der Waals surface area contributed by atoms with Crippen molar-refractivity contribution < 1.29 is 0 Å². The van der Waals surface area contributed by atoms with Gasteiger partial charge in [-0.15, -0.1) is 0 Å². The van der Waals surface area contributed by atoms with E-state index in [1.54, 1.807) is 0 Å². The first-order valence-electron chi connectivity index (χ1n) is 6.65. The van der Waals surface area contributed by atoms with Gasteiger partial charge in [0.15, 0.2) is 0 Å². The minimum atomic E-state index is 0.612. The van der Waals surface area contributed by atoms with Crippen molar-refractivity contribution in [3.63, 3.8) is 0 Å². The van der Waals surface area contributed by atoms with Gasteiger partial charge in [0, 0.05) is 0 Å². The number of allylic oxidation sites excluding steroid dienone is 2. The zero-order chi connectivity index (χ0) is 10.8. The first-order chi connectivity index (χ1) is 6.99. The molecular formula is C15H24. The summed E-state index contributed by atoms with van der Waals surface area (Å²) >= 11 is 0. The maximum absolute atomic E-state index is 2.58. The van der Waals surface area contributed by atoms with Crippen LogP contribution < -0.4 is 0 Å². The van der Waals surface area contributed by atoms with E-state index >= 15 is 0 Å². The highest BCUT2D eigenvalue weighted by Gasteiger charge is 2.69. The highest BCUT2D eigenvalue weighted by Crippen LogP contribution is 2.75. The summed E-state index contributed by atoms with van der Waals surface area (Å²) in [5.41, 5.74) is 1.25. The van der Waals surface area contributed by atoms with Gasteiger partial charge in [-0.1, -0.05) is 39.8 Å². The Kier molecular flexibility index (Phi) is 1.79. The van der Waals surface area contributed by atoms with E-state index in [9.17, 15) is 0 Å². The Bertz CT molecular complexity index is 312. The van der Waals surface area contributed by atoms with E-state index in [1.807, 2.05) is 0 Å². The Labute approximate surface area is 94.1 Å². The first-order valence-corrected chi connectivity index (χ1v) is 6.65. The lowest BCUT2D eigenvalue weighted by molar-refractivity contribution is 0.0483. The lowest BCUT2D eigenvalue weighted by Crippen LogP contribution is -2.40. The Morgan fingerprint density at radius 2 is 1.87 bits per heavy atom. The molecule has 0 saturated heterocycles. The SMILES string of the molecule is C[C@@H]1CC=C[C@@H]2CC[C@@H]3[C@@H](C3(C)C)[C@@]12C. The van der Waals surface area contributed by atoms with E-state index in [1.165, 1.54) is 19.3 Å². The van der Waals surface area contributed by atoms with Crippen LogP contribution in [0.3, 0.4) is 0 Å². The molecule has 0 radical (unpaired) electrons. The minimum absolute atomic E-state index is 0.612. The molecule has 0 aromatic carbocycles. The van der Waals surface area contributed by atoms with Crippen LogP contribution in [0.25, 0.3) is 0 Å². The van der Waals surface area contributed by atoms with Crippen LogP contribution >= 0.6 is 0 Å². The lowest BCUT2D eigenvalue weighted by atomic mass is 9.57. The summed E-state index contributed by atoms with van der Waals surface area (Å²) in [5.74, 6) is 3.81. The van der Waals surface area contributed by atoms with Gasteiger partial charge in [-0.2, -0.15) is 0 Å². The number of rotatable bonds is 0. The third kappa shape index (κ3) is 1.04. The molecule has 5 atom stereocenters. The van der Waals surface area contributed by atoms with Crippen LogP contribution in [-0.4, -0.2) is 0 Å². The van der Waals surface area contributed by atoms with Crippen molar-refractivity contribution in [2.45, 2.75) is 47.0 Å². The molecule has 0 aliphatic heterocycles. The Hall–Kier alpha value is -0.260. The van der Waals surface area contributed by atoms with Crippen LogP contribution in [0.4, 0.5) is 0 Å². The smallest absolute Gasteiger partial charge is 0.0174 e. The van der Waals surface area contributed by atoms with E-state index < -0.39 is 0 Å². The highest BCUT2D eigenvalue weighted by molar-refractivity contribution is 5.21. The van der Waals surface area contributed by atoms with Gasteiger partial charge in [-0.25, -0.2) is 0 Å². The van der Waals surface area contributed by atoms with Gasteiger partial charge in [0.1, 0.15) is 0 Å². The highest BCUT2D eigenvalue weighted by atomic mass is 14.7. The predicted octanol–water partition coefficient (Wildman–Crippen LogP) is 4.27. The average Bonchev–Trinajstić information content (AvgIpc) is 2.73. The van der Waals surface area contributed by atoms with Crippen molar-refractivity contribution in [3.05, 3.63) is 12.2 Å². The van der Waals surface area contributed by atoms with Gasteiger partial charge in [0.2, 0.25) is 0 Å². The molecule has 2 fully saturated rings. The molecule has 0 spiro atoms. The van der Waals surface area contributed by atoms with Gasteiger partial charge in [0.05, 0.1) is 0 Å². The van der Waals surface area contributed by atoms with Crippen LogP contribution in [0.1, 0.15) is 47.0 Å². The number of hydrogen-bond acceptors (Lipinski definition) is 0. The molecule has 0 aromatic rings. The number of fused-ring (bicyclic) bond motifs is 3. The van der Waals surface area contributed by atoms with Gasteiger partial charge >= 0.3 is 0 Å². The molecule has 3 aliphatic rings. The molecule has 0 unspecified atom stereocenters. The molecule has 2 saturated carbocycles. The summed E-state index contributed by atoms with van der Waals surface area (Å²) in [6.07, 6.45) is 9.21. The van der Waals surface area contributed by atoms with Crippen molar-refractivity contribution in [2.75, 3.05) is 0 Å². The molecule has 0 bridgehead atoms. The van der Waals surface area contributed by atoms with Crippen molar-refractivity contribution in [2.24, 2.45) is 34.5 Å². The molecule has 0 nitrogen and oxygen atoms in total. The largest absolute Gasteiger partial charge is 0.0880 e. The molecule has 84 valence electrons. The average molecular weight is 204 g/mol. The molecule has 0 heterocycles. The monoisotopic (exact) mass is 204 g/mol. The van der Waals surface area contributed by atoms with Crippen LogP contribution in [0.15, 0.2) is 12.2 Å². The van der Waals surface area contributed by atoms with E-state index in [0.29, 0.717) is 10.8 Å². The van der Waals surface area contributed by atoms with Gasteiger partial charge in [-0.3, -0.25) is 0 Å². The molecular weight excluding hydrogens is 180 g/mol. The summed E-state index contributed by atoms with van der Waals surface area (Å²) in [6.45, 7) is 10.1. The summed E-state index contributed by atoms with van der Waals surface area (Å²) in [7, 11) is 0. The Morgan fingerprint density at radius 1 is 1.13 bits per heavy atom. The lowest BCUT2D eigenvalue weighted by Gasteiger charge is -2.47. The van der Waals surface area contributed by atoms with E-state index in [2.05, 4.69) is 39.8 Å². The predicted molar refractivity (Wildman–Crippen MR) is 64.5 cm³/mol. The molecule has 3 aliphatic carbocycles. The fourth-order valence-corrected chi connectivity index (χ4v) is 5.10. The maximum Gasteiger partial charge on any atom is -0.0174 e. The van der Waals surface area contributed by atoms with Crippen molar-refractivity contribution in [3.8, 4) is 0 Å². The van der Waals surface area contributed by atoms with E-state index in [0.717, 1.165) is 23.7 Å². The molecule has 3 rings (SSSR count). The van der Waals surface area contributed by atoms with Crippen molar-refractivity contribution >= 4 is 0 Å². The minimum Gasteiger partial charge on any atom is -0.0880 e. The van der Waals surface area contributed by atoms with E-state index in [4.69, 9.17) is 0 Å². The fraction of sp³-hybridized carbons (Fsp3) is 0.867. The fourth-order valence-electron chi connectivity index (χ4n) is 5.10. The van der Waals surface area contributed by atoms with Crippen LogP contribution in [0, 0.1) is 34.5 Å². The second kappa shape index (κ2) is 2.70. The summed E-state index contributed by atoms with van der Waals surface area (Å²) in [4.78, 5) is 0. The topological polar surface area (TPSA) is 0 Å². The quantitative estimate of drug-likeness (QED) is 0.517. The zero-order valence-electron chi connectivity index (χ0n) is 10.6. The molecule has 0 amide bonds. The third-order valence-electron chi connectivity index (χ3n) is 6.23. The Balaban J connectivity index is 2.00. The summed E-state index contributed by atoms with van der Waals surface area (Å²) in [5, 5.41) is 0. The second-order valence-electron chi connectivity index (χ2n) is 7.02. The van der Waals surface area contributed by atoms with Gasteiger partial charge in [-0.05, 0) is 53.8 Å². The molecule has 0 N–H and O–H groups in total. The number of hydrogen-bond donors (Lipinski definition) is 0. The zero-order valence-corrected chi connectivity index (χ0v) is 10.6. The van der Waals surface area contributed by atoms with E-state index in [-0.39, 0.29) is 0 Å². The van der Waals surface area contributed by atoms with Gasteiger partial charge in [0.25, 0.3) is 0 Å². The third-order valence-corrected chi connectivity index (χ3v) is 6.23. The van der Waals surface area contributed by atoms with Crippen LogP contribution in [0.2, 0.25) is 0 Å². The first kappa shape index (κ1) is 9.93. The molecule has 0 heteroatoms. The normalized spacial score (nSPS) is 55.7. The van der Waals surface area contributed by atoms with Crippen LogP contribution in [-0.2, 0) is 0 Å². The summed E-state index contributed by atoms with van der Waals surface area (Å²) in [6, 6.07) is 0. The maximum atomic E-state index is 2.58. The van der Waals surface area contributed by atoms with Crippen LogP contribution in [0.5, 0.6) is 0 Å². The molecule has 15 heavy (non-hydrogen) atoms. The second-order valence-corrected chi connectivity index (χ2v) is 7.02. The standard InChI is InChI=1S/C15H24/c1-10-6-5-7-11-8-9-12-13(14(12,2)3)15(10,11)4/h5,7,10-13H,6,8-9H2,1-4H3/t10-,11-,12-,13+,15+/m1/s1. The molecule has 0 aromatic heterocycles. The van der Waals surface area contributed by atoms with Gasteiger partial charge < -0.3 is 0 Å². The van der Waals surface area contributed by atoms with Crippen molar-refractivity contribution in [1.29, 1.82) is 0 Å². The Morgan fingerprint density at radius 3 is 2.60 bits per heavy atom.